The van der Waals surface area contributed by atoms with Crippen molar-refractivity contribution in [1.82, 2.24) is 9.62 Å². The van der Waals surface area contributed by atoms with E-state index in [0.29, 0.717) is 19.6 Å². The number of rotatable bonds is 10. The standard InChI is InChI=1S/C24H30N2O5S2/c27-23(25-14-9-17-32-21-11-4-3-5-12-21)19-31-24(28)20-10-8-13-22(18-20)33(29,30)26-15-6-1-2-7-16-26/h3-5,8,10-13,18H,1-2,6-7,9,14-17,19H2,(H,25,27). The monoisotopic (exact) mass is 490 g/mol. The van der Waals surface area contributed by atoms with Crippen LogP contribution in [0.5, 0.6) is 0 Å². The number of nitrogens with zero attached hydrogens (tertiary/aromatic N) is 1. The summed E-state index contributed by atoms with van der Waals surface area (Å²) in [5, 5.41) is 2.73. The molecule has 1 N–H and O–H groups in total. The molecule has 0 aromatic heterocycles. The Hall–Kier alpha value is -2.36. The Labute approximate surface area is 199 Å². The predicted octanol–water partition coefficient (Wildman–Crippen LogP) is 3.71. The van der Waals surface area contributed by atoms with E-state index in [4.69, 9.17) is 4.74 Å². The first-order valence-corrected chi connectivity index (χ1v) is 13.6. The molecular weight excluding hydrogens is 460 g/mol. The number of carbonyl (C=O) groups excluding carboxylic acids is 2. The lowest BCUT2D eigenvalue weighted by Gasteiger charge is -2.20. The van der Waals surface area contributed by atoms with Gasteiger partial charge in [-0.05, 0) is 55.3 Å². The van der Waals surface area contributed by atoms with Crippen LogP contribution in [0.3, 0.4) is 0 Å². The third-order valence-electron chi connectivity index (χ3n) is 5.26. The Morgan fingerprint density at radius 2 is 1.70 bits per heavy atom. The van der Waals surface area contributed by atoms with Gasteiger partial charge < -0.3 is 10.1 Å². The lowest BCUT2D eigenvalue weighted by molar-refractivity contribution is -0.124. The van der Waals surface area contributed by atoms with Crippen LogP contribution in [0, 0.1) is 0 Å². The van der Waals surface area contributed by atoms with Crippen molar-refractivity contribution in [3.8, 4) is 0 Å². The van der Waals surface area contributed by atoms with Crippen LogP contribution in [0.25, 0.3) is 0 Å². The van der Waals surface area contributed by atoms with Gasteiger partial charge >= 0.3 is 5.97 Å². The molecule has 2 aromatic rings. The van der Waals surface area contributed by atoms with Crippen molar-refractivity contribution in [2.24, 2.45) is 0 Å². The fourth-order valence-corrected chi connectivity index (χ4v) is 5.92. The van der Waals surface area contributed by atoms with Crippen molar-refractivity contribution >= 4 is 33.7 Å². The second-order valence-electron chi connectivity index (χ2n) is 7.79. The van der Waals surface area contributed by atoms with E-state index in [2.05, 4.69) is 5.32 Å². The Morgan fingerprint density at radius 3 is 2.42 bits per heavy atom. The molecule has 0 atom stereocenters. The van der Waals surface area contributed by atoms with E-state index >= 15 is 0 Å². The van der Waals surface area contributed by atoms with Crippen molar-refractivity contribution in [2.45, 2.75) is 41.9 Å². The van der Waals surface area contributed by atoms with Crippen LogP contribution in [-0.2, 0) is 19.6 Å². The van der Waals surface area contributed by atoms with Gasteiger partial charge in [-0.15, -0.1) is 11.8 Å². The highest BCUT2D eigenvalue weighted by atomic mass is 32.2. The summed E-state index contributed by atoms with van der Waals surface area (Å²) in [6.45, 7) is 1.05. The third-order valence-corrected chi connectivity index (χ3v) is 8.26. The lowest BCUT2D eigenvalue weighted by atomic mass is 10.2. The van der Waals surface area contributed by atoms with Crippen LogP contribution in [0.4, 0.5) is 0 Å². The molecule has 1 heterocycles. The Kier molecular flexibility index (Phi) is 9.77. The quantitative estimate of drug-likeness (QED) is 0.310. The average Bonchev–Trinajstić information content (AvgIpc) is 3.13. The van der Waals surface area contributed by atoms with Gasteiger partial charge in [0.25, 0.3) is 5.91 Å². The number of nitrogens with one attached hydrogen (secondary N) is 1. The van der Waals surface area contributed by atoms with E-state index in [1.165, 1.54) is 33.5 Å². The number of ether oxygens (including phenoxy) is 1. The molecule has 0 bridgehead atoms. The van der Waals surface area contributed by atoms with E-state index < -0.39 is 22.6 Å². The SMILES string of the molecule is O=C(COC(=O)c1cccc(S(=O)(=O)N2CCCCCC2)c1)NCCCSc1ccccc1. The molecule has 178 valence electrons. The summed E-state index contributed by atoms with van der Waals surface area (Å²) in [5.74, 6) is -0.248. The van der Waals surface area contributed by atoms with E-state index in [-0.39, 0.29) is 16.4 Å². The van der Waals surface area contributed by atoms with Crippen molar-refractivity contribution in [3.63, 3.8) is 0 Å². The molecule has 1 saturated heterocycles. The Bertz CT molecular complexity index is 1020. The van der Waals surface area contributed by atoms with Crippen LogP contribution < -0.4 is 5.32 Å². The molecule has 2 aromatic carbocycles. The zero-order chi connectivity index (χ0) is 23.5. The van der Waals surface area contributed by atoms with Gasteiger partial charge in [-0.3, -0.25) is 4.79 Å². The van der Waals surface area contributed by atoms with E-state index in [1.807, 2.05) is 30.3 Å². The van der Waals surface area contributed by atoms with Crippen molar-refractivity contribution in [1.29, 1.82) is 0 Å². The normalized spacial score (nSPS) is 14.9. The highest BCUT2D eigenvalue weighted by molar-refractivity contribution is 7.99. The first-order chi connectivity index (χ1) is 16.0. The maximum absolute atomic E-state index is 13.0. The topological polar surface area (TPSA) is 92.8 Å². The van der Waals surface area contributed by atoms with Crippen LogP contribution in [0.2, 0.25) is 0 Å². The summed E-state index contributed by atoms with van der Waals surface area (Å²) in [5.41, 5.74) is 0.109. The molecule has 7 nitrogen and oxygen atoms in total. The van der Waals surface area contributed by atoms with Crippen LogP contribution in [-0.4, -0.2) is 56.6 Å². The summed E-state index contributed by atoms with van der Waals surface area (Å²) in [4.78, 5) is 25.6. The van der Waals surface area contributed by atoms with Gasteiger partial charge in [0.15, 0.2) is 6.61 Å². The summed E-state index contributed by atoms with van der Waals surface area (Å²) in [6, 6.07) is 15.8. The molecule has 3 rings (SSSR count). The number of sulfonamides is 1. The summed E-state index contributed by atoms with van der Waals surface area (Å²) in [7, 11) is -3.67. The minimum absolute atomic E-state index is 0.0687. The molecule has 0 spiro atoms. The number of carbonyl (C=O) groups is 2. The maximum Gasteiger partial charge on any atom is 0.338 e. The molecule has 0 radical (unpaired) electrons. The minimum Gasteiger partial charge on any atom is -0.452 e. The van der Waals surface area contributed by atoms with Gasteiger partial charge in [0, 0.05) is 24.5 Å². The number of thioether (sulfide) groups is 1. The fourth-order valence-electron chi connectivity index (χ4n) is 3.49. The van der Waals surface area contributed by atoms with Crippen LogP contribution >= 0.6 is 11.8 Å². The van der Waals surface area contributed by atoms with Gasteiger partial charge in [-0.2, -0.15) is 4.31 Å². The molecule has 1 aliphatic rings. The molecular formula is C24H30N2O5S2. The molecule has 0 unspecified atom stereocenters. The number of hydrogen-bond donors (Lipinski definition) is 1. The molecule has 9 heteroatoms. The first kappa shape index (κ1) is 25.3. The van der Waals surface area contributed by atoms with Crippen LogP contribution in [0.15, 0.2) is 64.4 Å². The van der Waals surface area contributed by atoms with Gasteiger partial charge in [-0.25, -0.2) is 13.2 Å². The molecule has 0 saturated carbocycles. The van der Waals surface area contributed by atoms with Crippen molar-refractivity contribution in [2.75, 3.05) is 32.0 Å². The van der Waals surface area contributed by atoms with Crippen molar-refractivity contribution < 1.29 is 22.7 Å². The van der Waals surface area contributed by atoms with Gasteiger partial charge in [0.05, 0.1) is 10.5 Å². The summed E-state index contributed by atoms with van der Waals surface area (Å²) < 4.78 is 32.5. The molecule has 1 aliphatic heterocycles. The fraction of sp³-hybridized carbons (Fsp3) is 0.417. The predicted molar refractivity (Wildman–Crippen MR) is 129 cm³/mol. The molecule has 0 aliphatic carbocycles. The largest absolute Gasteiger partial charge is 0.452 e. The second-order valence-corrected chi connectivity index (χ2v) is 10.9. The van der Waals surface area contributed by atoms with Gasteiger partial charge in [0.1, 0.15) is 0 Å². The van der Waals surface area contributed by atoms with Gasteiger partial charge in [0.2, 0.25) is 10.0 Å². The zero-order valence-electron chi connectivity index (χ0n) is 18.6. The molecule has 1 fully saturated rings. The number of benzene rings is 2. The molecule has 33 heavy (non-hydrogen) atoms. The lowest BCUT2D eigenvalue weighted by Crippen LogP contribution is -2.32. The van der Waals surface area contributed by atoms with Crippen LogP contribution in [0.1, 0.15) is 42.5 Å². The smallest absolute Gasteiger partial charge is 0.338 e. The Balaban J connectivity index is 1.44. The first-order valence-electron chi connectivity index (χ1n) is 11.2. The summed E-state index contributed by atoms with van der Waals surface area (Å²) in [6.07, 6.45) is 4.50. The zero-order valence-corrected chi connectivity index (χ0v) is 20.2. The highest BCUT2D eigenvalue weighted by Gasteiger charge is 2.26. The van der Waals surface area contributed by atoms with Gasteiger partial charge in [-0.1, -0.05) is 37.1 Å². The number of amides is 1. The van der Waals surface area contributed by atoms with E-state index in [1.54, 1.807) is 11.8 Å². The number of hydrogen-bond acceptors (Lipinski definition) is 6. The highest BCUT2D eigenvalue weighted by Crippen LogP contribution is 2.21. The maximum atomic E-state index is 13.0. The Morgan fingerprint density at radius 1 is 0.970 bits per heavy atom. The average molecular weight is 491 g/mol. The minimum atomic E-state index is -3.67. The van der Waals surface area contributed by atoms with Crippen molar-refractivity contribution in [3.05, 3.63) is 60.2 Å². The second kappa shape index (κ2) is 12.8. The summed E-state index contributed by atoms with van der Waals surface area (Å²) >= 11 is 1.71. The van der Waals surface area contributed by atoms with E-state index in [0.717, 1.165) is 37.9 Å². The van der Waals surface area contributed by atoms with E-state index in [9.17, 15) is 18.0 Å². The molecule has 1 amide bonds. The number of esters is 1. The third kappa shape index (κ3) is 7.87.